The summed E-state index contributed by atoms with van der Waals surface area (Å²) in [4.78, 5) is 20.2. The average Bonchev–Trinajstić information content (AvgIpc) is 3.18. The molecule has 2 aliphatic rings. The normalized spacial score (nSPS) is 28.2. The molecule has 0 spiro atoms. The number of nitrogens with zero attached hydrogens (tertiary/aromatic N) is 1. The number of carbonyl (C=O) groups is 1. The molecule has 0 unspecified atom stereocenters. The van der Waals surface area contributed by atoms with Crippen LogP contribution >= 0.6 is 0 Å². The summed E-state index contributed by atoms with van der Waals surface area (Å²) in [6.45, 7) is 6.10. The molecule has 0 N–H and O–H groups in total. The number of hydrogen-bond donors (Lipinski definition) is 0. The van der Waals surface area contributed by atoms with Crippen LogP contribution in [0.15, 0.2) is 60.7 Å². The molecule has 136 valence electrons. The van der Waals surface area contributed by atoms with Crippen molar-refractivity contribution in [3.63, 3.8) is 0 Å². The van der Waals surface area contributed by atoms with E-state index in [4.69, 9.17) is 4.84 Å². The molecule has 4 rings (SSSR count). The van der Waals surface area contributed by atoms with E-state index in [0.717, 1.165) is 30.5 Å². The highest BCUT2D eigenvalue weighted by Gasteiger charge is 2.64. The van der Waals surface area contributed by atoms with E-state index < -0.39 is 10.8 Å². The third-order valence-electron chi connectivity index (χ3n) is 5.82. The predicted octanol–water partition coefficient (Wildman–Crippen LogP) is 5.33. The Balaban J connectivity index is 1.89. The van der Waals surface area contributed by atoms with E-state index in [2.05, 4.69) is 36.4 Å². The monoisotopic (exact) mass is 349 g/mol. The van der Waals surface area contributed by atoms with Gasteiger partial charge in [-0.2, -0.15) is 0 Å². The van der Waals surface area contributed by atoms with E-state index in [0.29, 0.717) is 5.78 Å². The van der Waals surface area contributed by atoms with Crippen LogP contribution in [-0.2, 0) is 9.63 Å². The van der Waals surface area contributed by atoms with Gasteiger partial charge in [-0.15, -0.1) is 0 Å². The van der Waals surface area contributed by atoms with E-state index in [-0.39, 0.29) is 12.1 Å². The summed E-state index contributed by atoms with van der Waals surface area (Å²) in [6.07, 6.45) is 2.81. The molecule has 2 fully saturated rings. The molecule has 1 aliphatic heterocycles. The predicted molar refractivity (Wildman–Crippen MR) is 104 cm³/mol. The second-order valence-electron chi connectivity index (χ2n) is 8.58. The van der Waals surface area contributed by atoms with E-state index in [1.807, 2.05) is 50.1 Å². The van der Waals surface area contributed by atoms with Gasteiger partial charge < -0.3 is 0 Å². The molecule has 0 radical (unpaired) electrons. The average molecular weight is 349 g/mol. The van der Waals surface area contributed by atoms with Gasteiger partial charge in [-0.05, 0) is 37.0 Å². The van der Waals surface area contributed by atoms with Gasteiger partial charge in [0.2, 0.25) is 0 Å². The van der Waals surface area contributed by atoms with Gasteiger partial charge in [-0.3, -0.25) is 9.63 Å². The minimum absolute atomic E-state index is 0.0559. The highest BCUT2D eigenvalue weighted by molar-refractivity contribution is 5.92. The topological polar surface area (TPSA) is 29.5 Å². The lowest BCUT2D eigenvalue weighted by atomic mass is 9.64. The van der Waals surface area contributed by atoms with E-state index >= 15 is 0 Å². The Hall–Kier alpha value is -2.13. The highest BCUT2D eigenvalue weighted by Crippen LogP contribution is 2.60. The van der Waals surface area contributed by atoms with Gasteiger partial charge >= 0.3 is 0 Å². The van der Waals surface area contributed by atoms with Gasteiger partial charge in [0, 0.05) is 5.41 Å². The van der Waals surface area contributed by atoms with Gasteiger partial charge in [-0.1, -0.05) is 69.3 Å². The lowest BCUT2D eigenvalue weighted by Crippen LogP contribution is -2.46. The van der Waals surface area contributed by atoms with Crippen LogP contribution in [0.25, 0.3) is 0 Å². The van der Waals surface area contributed by atoms with Crippen molar-refractivity contribution in [3.8, 4) is 0 Å². The van der Waals surface area contributed by atoms with Crippen LogP contribution in [0.5, 0.6) is 0 Å². The molecular weight excluding hydrogens is 322 g/mol. The first-order chi connectivity index (χ1) is 12.4. The minimum atomic E-state index is -0.491. The number of anilines is 1. The number of Topliss-reactive ketones (excluding diaryl/α,β-unsaturated/α-hetero) is 1. The molecule has 1 saturated carbocycles. The van der Waals surface area contributed by atoms with Crippen molar-refractivity contribution < 1.29 is 9.63 Å². The second kappa shape index (κ2) is 6.24. The Morgan fingerprint density at radius 1 is 1.04 bits per heavy atom. The summed E-state index contributed by atoms with van der Waals surface area (Å²) in [7, 11) is 0. The zero-order valence-corrected chi connectivity index (χ0v) is 15.8. The number of benzene rings is 2. The summed E-state index contributed by atoms with van der Waals surface area (Å²) in [5.41, 5.74) is 1.27. The van der Waals surface area contributed by atoms with Crippen LogP contribution in [0.4, 0.5) is 5.69 Å². The van der Waals surface area contributed by atoms with E-state index in [1.165, 1.54) is 0 Å². The molecular formula is C23H27NO2. The molecule has 3 atom stereocenters. The van der Waals surface area contributed by atoms with Crippen LogP contribution in [-0.4, -0.2) is 11.9 Å². The van der Waals surface area contributed by atoms with Crippen LogP contribution in [0, 0.1) is 10.8 Å². The molecule has 2 aromatic rings. The van der Waals surface area contributed by atoms with Crippen molar-refractivity contribution >= 4 is 11.5 Å². The van der Waals surface area contributed by atoms with Crippen LogP contribution in [0.1, 0.15) is 51.6 Å². The lowest BCUT2D eigenvalue weighted by molar-refractivity contribution is -0.139. The van der Waals surface area contributed by atoms with Gasteiger partial charge in [0.1, 0.15) is 11.9 Å². The van der Waals surface area contributed by atoms with Crippen molar-refractivity contribution in [1.82, 2.24) is 0 Å². The molecule has 0 bridgehead atoms. The summed E-state index contributed by atoms with van der Waals surface area (Å²) in [5, 5.41) is 2.00. The standard InChI is InChI=1S/C23H27NO2/c1-22(2,3)21(25)23-16-10-15-19(23)26-24(18-13-8-5-9-14-18)20(23)17-11-6-4-7-12-17/h4-9,11-14,19-20H,10,15-16H2,1-3H3/t19-,20+,23+/m1/s1. The first kappa shape index (κ1) is 17.3. The maximum atomic E-state index is 13.7. The summed E-state index contributed by atoms with van der Waals surface area (Å²) >= 11 is 0. The smallest absolute Gasteiger partial charge is 0.149 e. The maximum Gasteiger partial charge on any atom is 0.149 e. The minimum Gasteiger partial charge on any atom is -0.298 e. The molecule has 0 aromatic heterocycles. The zero-order chi connectivity index (χ0) is 18.4. The van der Waals surface area contributed by atoms with Crippen LogP contribution in [0.3, 0.4) is 0 Å². The zero-order valence-electron chi connectivity index (χ0n) is 15.8. The Morgan fingerprint density at radius 3 is 2.27 bits per heavy atom. The molecule has 1 saturated heterocycles. The highest BCUT2D eigenvalue weighted by atomic mass is 16.7. The Kier molecular flexibility index (Phi) is 4.15. The number of rotatable bonds is 3. The molecule has 26 heavy (non-hydrogen) atoms. The van der Waals surface area contributed by atoms with Crippen LogP contribution < -0.4 is 5.06 Å². The van der Waals surface area contributed by atoms with E-state index in [1.54, 1.807) is 0 Å². The number of hydrogen-bond acceptors (Lipinski definition) is 3. The summed E-state index contributed by atoms with van der Waals surface area (Å²) in [6, 6.07) is 20.5. The third kappa shape index (κ3) is 2.57. The van der Waals surface area contributed by atoms with Crippen molar-refractivity contribution in [3.05, 3.63) is 66.2 Å². The summed E-state index contributed by atoms with van der Waals surface area (Å²) in [5.74, 6) is 0.319. The van der Waals surface area contributed by atoms with Gasteiger partial charge in [0.05, 0.1) is 17.1 Å². The summed E-state index contributed by atoms with van der Waals surface area (Å²) < 4.78 is 0. The van der Waals surface area contributed by atoms with Gasteiger partial charge in [0.15, 0.2) is 0 Å². The van der Waals surface area contributed by atoms with Crippen molar-refractivity contribution in [2.45, 2.75) is 52.2 Å². The van der Waals surface area contributed by atoms with Crippen molar-refractivity contribution in [1.29, 1.82) is 0 Å². The molecule has 2 aromatic carbocycles. The number of ketones is 1. The Labute approximate surface area is 155 Å². The fraction of sp³-hybridized carbons (Fsp3) is 0.435. The quantitative estimate of drug-likeness (QED) is 0.750. The molecule has 1 heterocycles. The molecule has 3 heteroatoms. The molecule has 0 amide bonds. The fourth-order valence-corrected chi connectivity index (χ4v) is 4.80. The Morgan fingerprint density at radius 2 is 1.65 bits per heavy atom. The number of para-hydroxylation sites is 1. The second-order valence-corrected chi connectivity index (χ2v) is 8.58. The SMILES string of the molecule is CC(C)(C)C(=O)[C@@]12CCC[C@H]1ON(c1ccccc1)[C@H]2c1ccccc1. The van der Waals surface area contributed by atoms with Crippen molar-refractivity contribution in [2.75, 3.05) is 5.06 Å². The third-order valence-corrected chi connectivity index (χ3v) is 5.82. The molecule has 3 nitrogen and oxygen atoms in total. The lowest BCUT2D eigenvalue weighted by Gasteiger charge is -2.38. The number of fused-ring (bicyclic) bond motifs is 1. The number of carbonyl (C=O) groups excluding carboxylic acids is 1. The first-order valence-corrected chi connectivity index (χ1v) is 9.55. The fourth-order valence-electron chi connectivity index (χ4n) is 4.80. The maximum absolute atomic E-state index is 13.7. The molecule has 1 aliphatic carbocycles. The van der Waals surface area contributed by atoms with E-state index in [9.17, 15) is 4.79 Å². The number of hydroxylamine groups is 1. The van der Waals surface area contributed by atoms with Crippen molar-refractivity contribution in [2.24, 2.45) is 10.8 Å². The van der Waals surface area contributed by atoms with Crippen LogP contribution in [0.2, 0.25) is 0 Å². The Bertz CT molecular complexity index is 781. The first-order valence-electron chi connectivity index (χ1n) is 9.55. The van der Waals surface area contributed by atoms with Gasteiger partial charge in [-0.25, -0.2) is 5.06 Å². The van der Waals surface area contributed by atoms with Gasteiger partial charge in [0.25, 0.3) is 0 Å². The largest absolute Gasteiger partial charge is 0.298 e.